The topological polar surface area (TPSA) is 24.9 Å². The van der Waals surface area contributed by atoms with Gasteiger partial charge in [0.05, 0.1) is 22.8 Å². The van der Waals surface area contributed by atoms with Gasteiger partial charge in [0.2, 0.25) is 0 Å². The second-order valence-electron chi connectivity index (χ2n) is 3.97. The predicted octanol–water partition coefficient (Wildman–Crippen LogP) is 5.10. The van der Waals surface area contributed by atoms with Crippen molar-refractivity contribution in [1.82, 2.24) is 4.98 Å². The Bertz CT molecular complexity index is 555. The number of alkyl halides is 3. The fourth-order valence-corrected chi connectivity index (χ4v) is 2.63. The molecule has 1 aromatic carbocycles. The summed E-state index contributed by atoms with van der Waals surface area (Å²) in [5.74, 6) is 0. The molecule has 0 amide bonds. The number of nitrogens with one attached hydrogen (secondary N) is 1. The summed E-state index contributed by atoms with van der Waals surface area (Å²) in [5.41, 5.74) is 1.74. The number of benzene rings is 1. The van der Waals surface area contributed by atoms with Crippen LogP contribution in [0.15, 0.2) is 33.6 Å². The molecule has 2 aromatic rings. The van der Waals surface area contributed by atoms with Crippen LogP contribution in [0, 0.1) is 0 Å². The first-order chi connectivity index (χ1) is 8.88. The van der Waals surface area contributed by atoms with Crippen molar-refractivity contribution in [3.8, 4) is 0 Å². The van der Waals surface area contributed by atoms with Gasteiger partial charge in [-0.15, -0.1) is 11.3 Å². The Kier molecular flexibility index (Phi) is 4.15. The summed E-state index contributed by atoms with van der Waals surface area (Å²) in [7, 11) is 0. The summed E-state index contributed by atoms with van der Waals surface area (Å²) < 4.78 is 39.2. The lowest BCUT2D eigenvalue weighted by atomic mass is 10.1. The average Bonchev–Trinajstić information content (AvgIpc) is 2.83. The highest BCUT2D eigenvalue weighted by Gasteiger charge is 2.34. The second kappa shape index (κ2) is 5.50. The molecule has 1 N–H and O–H groups in total. The maximum absolute atomic E-state index is 12.9. The number of hydrogen-bond donors (Lipinski definition) is 1. The molecule has 0 aliphatic heterocycles. The normalized spacial score (nSPS) is 13.3. The van der Waals surface area contributed by atoms with Crippen molar-refractivity contribution in [2.24, 2.45) is 0 Å². The van der Waals surface area contributed by atoms with Crippen LogP contribution in [-0.4, -0.2) is 4.98 Å². The lowest BCUT2D eigenvalue weighted by Crippen LogP contribution is -2.13. The minimum atomic E-state index is -4.39. The van der Waals surface area contributed by atoms with Crippen LogP contribution in [0.3, 0.4) is 0 Å². The monoisotopic (exact) mass is 350 g/mol. The van der Waals surface area contributed by atoms with Crippen LogP contribution < -0.4 is 5.32 Å². The van der Waals surface area contributed by atoms with Gasteiger partial charge in [0.1, 0.15) is 0 Å². The molecule has 19 heavy (non-hydrogen) atoms. The molecule has 0 aliphatic rings. The van der Waals surface area contributed by atoms with Crippen LogP contribution in [0.1, 0.15) is 24.2 Å². The number of thiazole rings is 1. The summed E-state index contributed by atoms with van der Waals surface area (Å²) in [5, 5.41) is 4.66. The zero-order valence-corrected chi connectivity index (χ0v) is 12.2. The third-order valence-corrected chi connectivity index (χ3v) is 3.65. The standard InChI is InChI=1S/C12H10BrF3N2S/c1-7(11-5-19-6-17-11)18-10-3-2-8(13)4-9(10)12(14,15)16/h2-7,18H,1H3. The number of anilines is 1. The molecule has 0 saturated carbocycles. The van der Waals surface area contributed by atoms with E-state index in [2.05, 4.69) is 26.2 Å². The fraction of sp³-hybridized carbons (Fsp3) is 0.250. The van der Waals surface area contributed by atoms with Gasteiger partial charge >= 0.3 is 6.18 Å². The Balaban J connectivity index is 2.30. The van der Waals surface area contributed by atoms with E-state index in [1.165, 1.54) is 17.4 Å². The van der Waals surface area contributed by atoms with E-state index in [9.17, 15) is 13.2 Å². The number of hydrogen-bond acceptors (Lipinski definition) is 3. The molecule has 7 heteroatoms. The van der Waals surface area contributed by atoms with Crippen molar-refractivity contribution in [1.29, 1.82) is 0 Å². The average molecular weight is 351 g/mol. The molecule has 0 aliphatic carbocycles. The molecule has 102 valence electrons. The number of rotatable bonds is 3. The quantitative estimate of drug-likeness (QED) is 0.833. The smallest absolute Gasteiger partial charge is 0.376 e. The number of nitrogens with zero attached hydrogens (tertiary/aromatic N) is 1. The van der Waals surface area contributed by atoms with Crippen molar-refractivity contribution >= 4 is 33.0 Å². The fourth-order valence-electron chi connectivity index (χ4n) is 1.62. The van der Waals surface area contributed by atoms with Crippen LogP contribution in [-0.2, 0) is 6.18 Å². The second-order valence-corrected chi connectivity index (χ2v) is 5.60. The maximum Gasteiger partial charge on any atom is 0.418 e. The van der Waals surface area contributed by atoms with E-state index in [1.54, 1.807) is 18.5 Å². The van der Waals surface area contributed by atoms with E-state index >= 15 is 0 Å². The predicted molar refractivity (Wildman–Crippen MR) is 73.3 cm³/mol. The van der Waals surface area contributed by atoms with Crippen LogP contribution in [0.2, 0.25) is 0 Å². The van der Waals surface area contributed by atoms with E-state index in [1.807, 2.05) is 5.38 Å². The Labute approximate surface area is 120 Å². The lowest BCUT2D eigenvalue weighted by Gasteiger charge is -2.18. The zero-order valence-electron chi connectivity index (χ0n) is 9.83. The molecular weight excluding hydrogens is 341 g/mol. The molecule has 2 nitrogen and oxygen atoms in total. The third-order valence-electron chi connectivity index (χ3n) is 2.55. The van der Waals surface area contributed by atoms with E-state index in [-0.39, 0.29) is 11.7 Å². The first-order valence-electron chi connectivity index (χ1n) is 5.39. The van der Waals surface area contributed by atoms with Gasteiger partial charge in [-0.25, -0.2) is 4.98 Å². The first kappa shape index (κ1) is 14.3. The van der Waals surface area contributed by atoms with Gasteiger partial charge in [-0.3, -0.25) is 0 Å². The SMILES string of the molecule is CC(Nc1ccc(Br)cc1C(F)(F)F)c1cscn1. The summed E-state index contributed by atoms with van der Waals surface area (Å²) >= 11 is 4.47. The Morgan fingerprint density at radius 3 is 2.68 bits per heavy atom. The van der Waals surface area contributed by atoms with Crippen LogP contribution in [0.4, 0.5) is 18.9 Å². The maximum atomic E-state index is 12.9. The molecule has 0 saturated heterocycles. The molecule has 0 fully saturated rings. The molecule has 0 radical (unpaired) electrons. The third kappa shape index (κ3) is 3.48. The van der Waals surface area contributed by atoms with E-state index in [0.717, 1.165) is 11.8 Å². The van der Waals surface area contributed by atoms with Crippen LogP contribution in [0.5, 0.6) is 0 Å². The molecule has 2 rings (SSSR count). The van der Waals surface area contributed by atoms with Gasteiger partial charge in [0.15, 0.2) is 0 Å². The van der Waals surface area contributed by atoms with Gasteiger partial charge in [0, 0.05) is 15.5 Å². The van der Waals surface area contributed by atoms with Gasteiger partial charge in [-0.2, -0.15) is 13.2 Å². The minimum Gasteiger partial charge on any atom is -0.376 e. The number of aromatic nitrogens is 1. The summed E-state index contributed by atoms with van der Waals surface area (Å²) in [6, 6.07) is 3.77. The Morgan fingerprint density at radius 2 is 2.11 bits per heavy atom. The zero-order chi connectivity index (χ0) is 14.0. The van der Waals surface area contributed by atoms with E-state index in [0.29, 0.717) is 4.47 Å². The number of halogens is 4. The van der Waals surface area contributed by atoms with E-state index in [4.69, 9.17) is 0 Å². The molecule has 1 atom stereocenters. The van der Waals surface area contributed by atoms with Crippen molar-refractivity contribution in [3.05, 3.63) is 44.8 Å². The van der Waals surface area contributed by atoms with Gasteiger partial charge < -0.3 is 5.32 Å². The van der Waals surface area contributed by atoms with Crippen LogP contribution >= 0.6 is 27.3 Å². The summed E-state index contributed by atoms with van der Waals surface area (Å²) in [4.78, 5) is 4.09. The molecule has 0 spiro atoms. The van der Waals surface area contributed by atoms with Gasteiger partial charge in [-0.05, 0) is 25.1 Å². The lowest BCUT2D eigenvalue weighted by molar-refractivity contribution is -0.137. The molecule has 1 unspecified atom stereocenters. The molecular formula is C12H10BrF3N2S. The molecule has 1 aromatic heterocycles. The van der Waals surface area contributed by atoms with Gasteiger partial charge in [-0.1, -0.05) is 15.9 Å². The van der Waals surface area contributed by atoms with Gasteiger partial charge in [0.25, 0.3) is 0 Å². The highest BCUT2D eigenvalue weighted by atomic mass is 79.9. The van der Waals surface area contributed by atoms with Crippen molar-refractivity contribution in [2.75, 3.05) is 5.32 Å². The molecule has 1 heterocycles. The minimum absolute atomic E-state index is 0.0520. The highest BCUT2D eigenvalue weighted by molar-refractivity contribution is 9.10. The summed E-state index contributed by atoms with van der Waals surface area (Å²) in [6.45, 7) is 1.78. The molecule has 0 bridgehead atoms. The Hall–Kier alpha value is -1.08. The van der Waals surface area contributed by atoms with Crippen molar-refractivity contribution < 1.29 is 13.2 Å². The Morgan fingerprint density at radius 1 is 1.37 bits per heavy atom. The first-order valence-corrected chi connectivity index (χ1v) is 7.13. The summed E-state index contributed by atoms with van der Waals surface area (Å²) in [6.07, 6.45) is -4.39. The van der Waals surface area contributed by atoms with Crippen LogP contribution in [0.25, 0.3) is 0 Å². The van der Waals surface area contributed by atoms with E-state index < -0.39 is 11.7 Å². The van der Waals surface area contributed by atoms with Crippen molar-refractivity contribution in [2.45, 2.75) is 19.1 Å². The largest absolute Gasteiger partial charge is 0.418 e. The van der Waals surface area contributed by atoms with Crippen molar-refractivity contribution in [3.63, 3.8) is 0 Å². The highest BCUT2D eigenvalue weighted by Crippen LogP contribution is 2.37.